The van der Waals surface area contributed by atoms with Crippen LogP contribution in [0, 0.1) is 0 Å². The third kappa shape index (κ3) is 1.71. The van der Waals surface area contributed by atoms with Crippen LogP contribution in [-0.2, 0) is 0 Å². The van der Waals surface area contributed by atoms with Crippen molar-refractivity contribution in [3.63, 3.8) is 0 Å². The van der Waals surface area contributed by atoms with E-state index in [1.165, 1.54) is 0 Å². The van der Waals surface area contributed by atoms with E-state index in [1.807, 2.05) is 36.5 Å². The molecule has 0 amide bonds. The van der Waals surface area contributed by atoms with Gasteiger partial charge in [0.05, 0.1) is 17.7 Å². The van der Waals surface area contributed by atoms with Crippen LogP contribution in [0.5, 0.6) is 5.75 Å². The minimum Gasteiger partial charge on any atom is -0.496 e. The number of ether oxygens (including phenoxy) is 1. The Labute approximate surface area is 109 Å². The molecule has 0 atom stereocenters. The number of para-hydroxylation sites is 1. The molecule has 4 nitrogen and oxygen atoms in total. The number of pyridine rings is 1. The van der Waals surface area contributed by atoms with Crippen LogP contribution in [0.1, 0.15) is 0 Å². The molecule has 0 aliphatic rings. The molecule has 90 valence electrons. The zero-order valence-corrected chi connectivity index (χ0v) is 10.4. The Hall–Kier alpha value is -2.07. The van der Waals surface area contributed by atoms with E-state index in [-0.39, 0.29) is 0 Å². The standard InChI is InChI=1S/C13H10ClN3O/c1-18-11-7-3-2-5-9(11)12-15-13-10(14)6-4-8-17(13)16-12/h2-8H,1H3. The van der Waals surface area contributed by atoms with Gasteiger partial charge in [-0.2, -0.15) is 0 Å². The Kier molecular flexibility index (Phi) is 2.64. The number of rotatable bonds is 2. The van der Waals surface area contributed by atoms with Crippen LogP contribution in [-0.4, -0.2) is 21.7 Å². The van der Waals surface area contributed by atoms with Gasteiger partial charge in [-0.3, -0.25) is 0 Å². The first-order chi connectivity index (χ1) is 8.79. The molecule has 0 N–H and O–H groups in total. The molecule has 0 aliphatic carbocycles. The Morgan fingerprint density at radius 1 is 1.17 bits per heavy atom. The summed E-state index contributed by atoms with van der Waals surface area (Å²) >= 11 is 6.08. The third-order valence-corrected chi connectivity index (χ3v) is 2.96. The number of hydrogen-bond donors (Lipinski definition) is 0. The Balaban J connectivity index is 2.23. The number of hydrogen-bond acceptors (Lipinski definition) is 3. The fourth-order valence-electron chi connectivity index (χ4n) is 1.82. The molecule has 2 aromatic heterocycles. The van der Waals surface area contributed by atoms with Crippen LogP contribution in [0.4, 0.5) is 0 Å². The molecule has 0 unspecified atom stereocenters. The summed E-state index contributed by atoms with van der Waals surface area (Å²) in [6.07, 6.45) is 1.81. The van der Waals surface area contributed by atoms with Gasteiger partial charge in [-0.25, -0.2) is 9.50 Å². The highest BCUT2D eigenvalue weighted by Gasteiger charge is 2.12. The second kappa shape index (κ2) is 4.31. The minimum atomic E-state index is 0.575. The Morgan fingerprint density at radius 2 is 2.00 bits per heavy atom. The predicted molar refractivity (Wildman–Crippen MR) is 70.0 cm³/mol. The van der Waals surface area contributed by atoms with Crippen LogP contribution < -0.4 is 4.74 Å². The predicted octanol–water partition coefficient (Wildman–Crippen LogP) is 3.06. The summed E-state index contributed by atoms with van der Waals surface area (Å²) < 4.78 is 6.96. The zero-order chi connectivity index (χ0) is 12.5. The van der Waals surface area contributed by atoms with Gasteiger partial charge in [0.2, 0.25) is 0 Å². The molecule has 0 bridgehead atoms. The SMILES string of the molecule is COc1ccccc1-c1nc2c(Cl)cccn2n1. The molecule has 2 heterocycles. The zero-order valence-electron chi connectivity index (χ0n) is 9.67. The van der Waals surface area contributed by atoms with Gasteiger partial charge in [-0.1, -0.05) is 23.7 Å². The average molecular weight is 260 g/mol. The van der Waals surface area contributed by atoms with Crippen LogP contribution in [0.15, 0.2) is 42.6 Å². The second-order valence-corrected chi connectivity index (χ2v) is 4.17. The summed E-state index contributed by atoms with van der Waals surface area (Å²) in [6.45, 7) is 0. The lowest BCUT2D eigenvalue weighted by atomic mass is 10.2. The largest absolute Gasteiger partial charge is 0.496 e. The van der Waals surface area contributed by atoms with Crippen molar-refractivity contribution in [2.45, 2.75) is 0 Å². The first kappa shape index (κ1) is 11.0. The highest BCUT2D eigenvalue weighted by molar-refractivity contribution is 6.33. The maximum Gasteiger partial charge on any atom is 0.185 e. The monoisotopic (exact) mass is 259 g/mol. The van der Waals surface area contributed by atoms with Crippen molar-refractivity contribution in [3.05, 3.63) is 47.6 Å². The molecule has 3 aromatic rings. The highest BCUT2D eigenvalue weighted by Crippen LogP contribution is 2.28. The molecule has 0 saturated carbocycles. The van der Waals surface area contributed by atoms with E-state index in [9.17, 15) is 0 Å². The maximum atomic E-state index is 6.08. The molecule has 1 aromatic carbocycles. The normalized spacial score (nSPS) is 10.8. The summed E-state index contributed by atoms with van der Waals surface area (Å²) in [5.74, 6) is 1.34. The van der Waals surface area contributed by atoms with E-state index in [1.54, 1.807) is 17.7 Å². The number of nitrogens with zero attached hydrogens (tertiary/aromatic N) is 3. The first-order valence-electron chi connectivity index (χ1n) is 5.44. The van der Waals surface area contributed by atoms with E-state index in [2.05, 4.69) is 10.1 Å². The Morgan fingerprint density at radius 3 is 2.78 bits per heavy atom. The number of fused-ring (bicyclic) bond motifs is 1. The van der Waals surface area contributed by atoms with Gasteiger partial charge < -0.3 is 4.74 Å². The van der Waals surface area contributed by atoms with Gasteiger partial charge in [0.25, 0.3) is 0 Å². The van der Waals surface area contributed by atoms with Crippen molar-refractivity contribution in [2.24, 2.45) is 0 Å². The van der Waals surface area contributed by atoms with Gasteiger partial charge in [0.1, 0.15) is 5.75 Å². The minimum absolute atomic E-state index is 0.575. The lowest BCUT2D eigenvalue weighted by Gasteiger charge is -2.03. The van der Waals surface area contributed by atoms with Crippen molar-refractivity contribution in [1.29, 1.82) is 0 Å². The molecule has 3 rings (SSSR count). The van der Waals surface area contributed by atoms with Crippen LogP contribution in [0.25, 0.3) is 17.0 Å². The maximum absolute atomic E-state index is 6.08. The van der Waals surface area contributed by atoms with E-state index in [4.69, 9.17) is 16.3 Å². The molecular weight excluding hydrogens is 250 g/mol. The molecular formula is C13H10ClN3O. The van der Waals surface area contributed by atoms with Crippen LogP contribution >= 0.6 is 11.6 Å². The van der Waals surface area contributed by atoms with E-state index in [0.29, 0.717) is 16.5 Å². The second-order valence-electron chi connectivity index (χ2n) is 3.76. The Bertz CT molecular complexity index is 708. The molecule has 0 spiro atoms. The average Bonchev–Trinajstić information content (AvgIpc) is 2.84. The highest BCUT2D eigenvalue weighted by atomic mass is 35.5. The molecule has 0 saturated heterocycles. The van der Waals surface area contributed by atoms with Crippen molar-refractivity contribution in [3.8, 4) is 17.1 Å². The number of aromatic nitrogens is 3. The number of benzene rings is 1. The fourth-order valence-corrected chi connectivity index (χ4v) is 2.02. The molecule has 0 radical (unpaired) electrons. The van der Waals surface area contributed by atoms with Crippen molar-refractivity contribution in [1.82, 2.24) is 14.6 Å². The third-order valence-electron chi connectivity index (χ3n) is 2.66. The van der Waals surface area contributed by atoms with Gasteiger partial charge in [0, 0.05) is 6.20 Å². The van der Waals surface area contributed by atoms with Crippen molar-refractivity contribution >= 4 is 17.2 Å². The molecule has 0 fully saturated rings. The van der Waals surface area contributed by atoms with Gasteiger partial charge in [-0.15, -0.1) is 5.10 Å². The van der Waals surface area contributed by atoms with Gasteiger partial charge in [-0.05, 0) is 24.3 Å². The summed E-state index contributed by atoms with van der Waals surface area (Å²) in [6, 6.07) is 11.2. The van der Waals surface area contributed by atoms with Crippen molar-refractivity contribution in [2.75, 3.05) is 7.11 Å². The molecule has 18 heavy (non-hydrogen) atoms. The van der Waals surface area contributed by atoms with E-state index in [0.717, 1.165) is 11.3 Å². The van der Waals surface area contributed by atoms with Gasteiger partial charge >= 0.3 is 0 Å². The summed E-state index contributed by atoms with van der Waals surface area (Å²) in [4.78, 5) is 4.43. The van der Waals surface area contributed by atoms with Crippen molar-refractivity contribution < 1.29 is 4.74 Å². The molecule has 0 aliphatic heterocycles. The van der Waals surface area contributed by atoms with Gasteiger partial charge in [0.15, 0.2) is 11.5 Å². The lowest BCUT2D eigenvalue weighted by molar-refractivity contribution is 0.416. The molecule has 5 heteroatoms. The smallest absolute Gasteiger partial charge is 0.185 e. The topological polar surface area (TPSA) is 39.4 Å². The first-order valence-corrected chi connectivity index (χ1v) is 5.81. The van der Waals surface area contributed by atoms with E-state index >= 15 is 0 Å². The summed E-state index contributed by atoms with van der Waals surface area (Å²) in [5, 5.41) is 4.97. The lowest BCUT2D eigenvalue weighted by Crippen LogP contribution is -1.89. The number of methoxy groups -OCH3 is 1. The summed E-state index contributed by atoms with van der Waals surface area (Å²) in [7, 11) is 1.63. The number of halogens is 1. The van der Waals surface area contributed by atoms with E-state index < -0.39 is 0 Å². The summed E-state index contributed by atoms with van der Waals surface area (Å²) in [5.41, 5.74) is 1.49. The quantitative estimate of drug-likeness (QED) is 0.710. The fraction of sp³-hybridized carbons (Fsp3) is 0.0769. The van der Waals surface area contributed by atoms with Crippen LogP contribution in [0.2, 0.25) is 5.02 Å². The van der Waals surface area contributed by atoms with Crippen LogP contribution in [0.3, 0.4) is 0 Å².